The fourth-order valence-corrected chi connectivity index (χ4v) is 6.63. The van der Waals surface area contributed by atoms with Crippen molar-refractivity contribution < 1.29 is 17.9 Å². The van der Waals surface area contributed by atoms with Gasteiger partial charge in [-0.05, 0) is 54.4 Å². The molecule has 5 rings (SSSR count). The first-order valence-corrected chi connectivity index (χ1v) is 15.1. The molecular weight excluding hydrogens is 522 g/mol. The van der Waals surface area contributed by atoms with E-state index in [1.165, 1.54) is 12.1 Å². The molecule has 0 radical (unpaired) electrons. The van der Waals surface area contributed by atoms with Crippen LogP contribution in [0.1, 0.15) is 60.1 Å². The Morgan fingerprint density at radius 2 is 1.57 bits per heavy atom. The highest BCUT2D eigenvalue weighted by Gasteiger charge is 2.53. The minimum Gasteiger partial charge on any atom is -0.507 e. The normalized spacial score (nSPS) is 16.0. The van der Waals surface area contributed by atoms with Gasteiger partial charge >= 0.3 is 5.63 Å². The van der Waals surface area contributed by atoms with Crippen LogP contribution >= 0.6 is 0 Å². The zero-order valence-electron chi connectivity index (χ0n) is 22.4. The quantitative estimate of drug-likeness (QED) is 0.226. The van der Waals surface area contributed by atoms with Crippen molar-refractivity contribution in [2.45, 2.75) is 44.1 Å². The molecule has 4 aromatic rings. The van der Waals surface area contributed by atoms with Gasteiger partial charge in [0.1, 0.15) is 17.1 Å². The van der Waals surface area contributed by atoms with Crippen LogP contribution in [0.3, 0.4) is 0 Å². The van der Waals surface area contributed by atoms with Crippen LogP contribution in [0.4, 0.5) is 0 Å². The molecule has 1 heterocycles. The number of nitrogens with one attached hydrogen (secondary N) is 1. The monoisotopic (exact) mass is 555 g/mol. The van der Waals surface area contributed by atoms with Crippen LogP contribution in [-0.4, -0.2) is 13.5 Å². The Morgan fingerprint density at radius 1 is 0.975 bits per heavy atom. The first-order valence-electron chi connectivity index (χ1n) is 13.6. The van der Waals surface area contributed by atoms with Crippen molar-refractivity contribution in [2.75, 3.05) is 0 Å². The zero-order valence-corrected chi connectivity index (χ0v) is 23.2. The van der Waals surface area contributed by atoms with Gasteiger partial charge in [0.2, 0.25) is 10.0 Å². The highest BCUT2D eigenvalue weighted by Crippen LogP contribution is 2.51. The molecule has 0 saturated heterocycles. The van der Waals surface area contributed by atoms with Crippen molar-refractivity contribution in [3.05, 3.63) is 141 Å². The van der Waals surface area contributed by atoms with Crippen LogP contribution in [0.15, 0.2) is 112 Å². The molecule has 206 valence electrons. The maximum absolute atomic E-state index is 13.8. The Kier molecular flexibility index (Phi) is 8.05. The lowest BCUT2D eigenvalue weighted by Gasteiger charge is -2.35. The van der Waals surface area contributed by atoms with E-state index in [4.69, 9.17) is 4.42 Å². The first kappa shape index (κ1) is 27.6. The average molecular weight is 556 g/mol. The Bertz CT molecular complexity index is 1630. The minimum atomic E-state index is -4.07. The van der Waals surface area contributed by atoms with Crippen molar-refractivity contribution in [2.24, 2.45) is 5.92 Å². The van der Waals surface area contributed by atoms with E-state index in [2.05, 4.69) is 4.72 Å². The topological polar surface area (TPSA) is 96.6 Å². The molecule has 40 heavy (non-hydrogen) atoms. The summed E-state index contributed by atoms with van der Waals surface area (Å²) in [5.41, 5.74) is 0.0606. The minimum absolute atomic E-state index is 0.0869. The van der Waals surface area contributed by atoms with E-state index < -0.39 is 21.2 Å². The van der Waals surface area contributed by atoms with Gasteiger partial charge in [-0.15, -0.1) is 0 Å². The standard InChI is InChI=1S/C33H33NO5S/c1-2-26(22-25-14-8-4-9-15-25)30-23-29(35)31(32(36)39-30)33(28-18-19-28,27-16-10-5-11-17-27)34-40(37,38)21-20-24-12-6-3-7-13-24/h3-17,20-21,23,26,28,34-35H,2,18-19,22H2,1H3/b21-20+. The van der Waals surface area contributed by atoms with Crippen LogP contribution in [0.2, 0.25) is 0 Å². The Labute approximate surface area is 235 Å². The second-order valence-corrected chi connectivity index (χ2v) is 11.9. The van der Waals surface area contributed by atoms with Crippen LogP contribution in [0, 0.1) is 5.92 Å². The third-order valence-corrected chi connectivity index (χ3v) is 8.63. The second-order valence-electron chi connectivity index (χ2n) is 10.3. The molecule has 0 spiro atoms. The van der Waals surface area contributed by atoms with Crippen LogP contribution < -0.4 is 10.3 Å². The van der Waals surface area contributed by atoms with Crippen molar-refractivity contribution in [3.8, 4) is 5.75 Å². The van der Waals surface area contributed by atoms with Gasteiger partial charge in [0.05, 0.1) is 5.54 Å². The van der Waals surface area contributed by atoms with Gasteiger partial charge in [0.25, 0.3) is 0 Å². The summed E-state index contributed by atoms with van der Waals surface area (Å²) in [7, 11) is -4.07. The van der Waals surface area contributed by atoms with Gasteiger partial charge in [-0.1, -0.05) is 97.9 Å². The van der Waals surface area contributed by atoms with Gasteiger partial charge in [-0.3, -0.25) is 0 Å². The van der Waals surface area contributed by atoms with Crippen molar-refractivity contribution in [1.82, 2.24) is 4.72 Å². The van der Waals surface area contributed by atoms with Crippen molar-refractivity contribution >= 4 is 16.1 Å². The predicted molar refractivity (Wildman–Crippen MR) is 157 cm³/mol. The third-order valence-electron chi connectivity index (χ3n) is 7.53. The van der Waals surface area contributed by atoms with Crippen LogP contribution in [0.5, 0.6) is 5.75 Å². The van der Waals surface area contributed by atoms with E-state index in [1.807, 2.05) is 61.5 Å². The fourth-order valence-electron chi connectivity index (χ4n) is 5.39. The number of sulfonamides is 1. The molecule has 2 atom stereocenters. The zero-order chi connectivity index (χ0) is 28.2. The fraction of sp³-hybridized carbons (Fsp3) is 0.242. The molecule has 0 aliphatic heterocycles. The van der Waals surface area contributed by atoms with Gasteiger partial charge in [0, 0.05) is 17.4 Å². The summed E-state index contributed by atoms with van der Waals surface area (Å²) in [4.78, 5) is 13.8. The molecule has 0 amide bonds. The predicted octanol–water partition coefficient (Wildman–Crippen LogP) is 6.33. The number of hydrogen-bond donors (Lipinski definition) is 2. The number of benzene rings is 3. The number of hydrogen-bond acceptors (Lipinski definition) is 5. The maximum atomic E-state index is 13.8. The molecule has 1 saturated carbocycles. The Morgan fingerprint density at radius 3 is 2.15 bits per heavy atom. The summed E-state index contributed by atoms with van der Waals surface area (Å²) in [6.45, 7) is 2.00. The molecule has 1 aromatic heterocycles. The van der Waals surface area contributed by atoms with Gasteiger partial charge < -0.3 is 9.52 Å². The van der Waals surface area contributed by atoms with Crippen molar-refractivity contribution in [3.63, 3.8) is 0 Å². The lowest BCUT2D eigenvalue weighted by molar-refractivity contribution is 0.336. The molecule has 2 N–H and O–H groups in total. The molecule has 6 nitrogen and oxygen atoms in total. The van der Waals surface area contributed by atoms with E-state index in [1.54, 1.807) is 36.4 Å². The molecule has 3 aromatic carbocycles. The maximum Gasteiger partial charge on any atom is 0.345 e. The van der Waals surface area contributed by atoms with E-state index in [9.17, 15) is 18.3 Å². The first-order chi connectivity index (χ1) is 19.3. The average Bonchev–Trinajstić information content (AvgIpc) is 3.82. The Balaban J connectivity index is 1.60. The van der Waals surface area contributed by atoms with E-state index in [-0.39, 0.29) is 23.1 Å². The lowest BCUT2D eigenvalue weighted by Crippen LogP contribution is -2.50. The summed E-state index contributed by atoms with van der Waals surface area (Å²) < 4.78 is 35.8. The van der Waals surface area contributed by atoms with E-state index in [0.717, 1.165) is 16.5 Å². The van der Waals surface area contributed by atoms with E-state index in [0.29, 0.717) is 37.0 Å². The summed E-state index contributed by atoms with van der Waals surface area (Å²) >= 11 is 0. The SMILES string of the molecule is CCC(Cc1ccccc1)c1cc(O)c(C(NS(=O)(=O)/C=C/c2ccccc2)(c2ccccc2)C2CC2)c(=O)o1. The molecule has 1 aliphatic carbocycles. The largest absolute Gasteiger partial charge is 0.507 e. The second kappa shape index (κ2) is 11.7. The number of rotatable bonds is 11. The molecular formula is C33H33NO5S. The summed E-state index contributed by atoms with van der Waals surface area (Å²) in [6, 6.07) is 29.4. The Hall–Kier alpha value is -3.94. The molecule has 2 unspecified atom stereocenters. The van der Waals surface area contributed by atoms with Crippen molar-refractivity contribution in [1.29, 1.82) is 0 Å². The van der Waals surface area contributed by atoms with Crippen LogP contribution in [-0.2, 0) is 22.0 Å². The summed E-state index contributed by atoms with van der Waals surface area (Å²) in [5.74, 6) is -0.265. The molecule has 1 aliphatic rings. The van der Waals surface area contributed by atoms with Crippen LogP contribution in [0.25, 0.3) is 6.08 Å². The highest BCUT2D eigenvalue weighted by molar-refractivity contribution is 7.92. The highest BCUT2D eigenvalue weighted by atomic mass is 32.2. The lowest BCUT2D eigenvalue weighted by atomic mass is 9.79. The van der Waals surface area contributed by atoms with Gasteiger partial charge in [-0.2, -0.15) is 4.72 Å². The smallest absolute Gasteiger partial charge is 0.345 e. The third kappa shape index (κ3) is 5.96. The summed E-state index contributed by atoms with van der Waals surface area (Å²) in [5, 5.41) is 12.5. The summed E-state index contributed by atoms with van der Waals surface area (Å²) in [6.07, 6.45) is 4.21. The van der Waals surface area contributed by atoms with Gasteiger partial charge in [-0.25, -0.2) is 13.2 Å². The van der Waals surface area contributed by atoms with Gasteiger partial charge in [0.15, 0.2) is 0 Å². The number of aromatic hydroxyl groups is 1. The molecule has 1 fully saturated rings. The molecule has 7 heteroatoms. The molecule has 0 bridgehead atoms. The van der Waals surface area contributed by atoms with E-state index >= 15 is 0 Å².